The highest BCUT2D eigenvalue weighted by molar-refractivity contribution is 7.88. The summed E-state index contributed by atoms with van der Waals surface area (Å²) < 4.78 is 67.1. The molecule has 3 rings (SSSR count). The van der Waals surface area contributed by atoms with E-state index in [1.165, 1.54) is 0 Å². The minimum absolute atomic E-state index is 0.164. The van der Waals surface area contributed by atoms with Crippen LogP contribution in [-0.2, 0) is 16.2 Å². The quantitative estimate of drug-likeness (QED) is 0.878. The summed E-state index contributed by atoms with van der Waals surface area (Å²) in [5.41, 5.74) is 0. The van der Waals surface area contributed by atoms with Crippen LogP contribution in [0.1, 0.15) is 29.7 Å². The van der Waals surface area contributed by atoms with Crippen molar-refractivity contribution in [1.82, 2.24) is 14.9 Å². The predicted octanol–water partition coefficient (Wildman–Crippen LogP) is 2.82. The van der Waals surface area contributed by atoms with Gasteiger partial charge in [-0.3, -0.25) is 0 Å². The topological polar surface area (TPSA) is 85.1 Å². The van der Waals surface area contributed by atoms with Crippen LogP contribution in [-0.4, -0.2) is 24.8 Å². The van der Waals surface area contributed by atoms with E-state index in [0.717, 1.165) is 30.4 Å². The summed E-state index contributed by atoms with van der Waals surface area (Å²) >= 11 is 1.15. The van der Waals surface area contributed by atoms with Gasteiger partial charge in [0.05, 0.1) is 17.2 Å². The zero-order chi connectivity index (χ0) is 16.8. The van der Waals surface area contributed by atoms with Crippen molar-refractivity contribution in [1.29, 1.82) is 0 Å². The Morgan fingerprint density at radius 1 is 1.39 bits per heavy atom. The molecule has 0 amide bonds. The molecule has 2 aromatic rings. The summed E-state index contributed by atoms with van der Waals surface area (Å²) in [6.07, 6.45) is -1.81. The highest BCUT2D eigenvalue weighted by Gasteiger charge is 2.39. The minimum atomic E-state index is -4.69. The summed E-state index contributed by atoms with van der Waals surface area (Å²) in [6, 6.07) is 2.85. The van der Waals surface area contributed by atoms with E-state index in [-0.39, 0.29) is 17.8 Å². The van der Waals surface area contributed by atoms with E-state index in [0.29, 0.717) is 9.75 Å². The number of hydrogen-bond acceptors (Lipinski definition) is 6. The second-order valence-electron chi connectivity index (χ2n) is 5.33. The number of thiophene rings is 1. The number of halogens is 3. The lowest BCUT2D eigenvalue weighted by atomic mass is 10.1. The molecule has 2 aromatic heterocycles. The van der Waals surface area contributed by atoms with Crippen molar-refractivity contribution < 1.29 is 26.1 Å². The molecule has 2 heterocycles. The molecule has 0 radical (unpaired) electrons. The maximum atomic E-state index is 12.5. The zero-order valence-corrected chi connectivity index (χ0v) is 13.4. The van der Waals surface area contributed by atoms with Crippen LogP contribution < -0.4 is 4.72 Å². The van der Waals surface area contributed by atoms with Crippen LogP contribution in [0.4, 0.5) is 13.2 Å². The summed E-state index contributed by atoms with van der Waals surface area (Å²) in [7, 11) is -3.39. The van der Waals surface area contributed by atoms with Gasteiger partial charge in [0.1, 0.15) is 0 Å². The third kappa shape index (κ3) is 3.90. The van der Waals surface area contributed by atoms with Crippen molar-refractivity contribution >= 4 is 21.4 Å². The van der Waals surface area contributed by atoms with E-state index >= 15 is 0 Å². The fourth-order valence-electron chi connectivity index (χ4n) is 2.13. The Bertz CT molecular complexity index is 809. The average molecular weight is 367 g/mol. The molecule has 1 saturated carbocycles. The van der Waals surface area contributed by atoms with Gasteiger partial charge in [0.2, 0.25) is 15.8 Å². The van der Waals surface area contributed by atoms with Crippen LogP contribution in [0.25, 0.3) is 10.7 Å². The van der Waals surface area contributed by atoms with Crippen molar-refractivity contribution in [2.24, 2.45) is 5.92 Å². The molecule has 0 spiro atoms. The molecule has 0 bridgehead atoms. The van der Waals surface area contributed by atoms with Crippen molar-refractivity contribution in [3.05, 3.63) is 22.9 Å². The number of rotatable bonds is 5. The van der Waals surface area contributed by atoms with Gasteiger partial charge in [-0.2, -0.15) is 18.2 Å². The van der Waals surface area contributed by atoms with E-state index in [9.17, 15) is 21.6 Å². The van der Waals surface area contributed by atoms with E-state index in [1.54, 1.807) is 12.1 Å². The van der Waals surface area contributed by atoms with Crippen molar-refractivity contribution in [2.75, 3.05) is 6.26 Å². The van der Waals surface area contributed by atoms with Crippen LogP contribution in [0.15, 0.2) is 16.7 Å². The summed E-state index contributed by atoms with van der Waals surface area (Å²) in [5.74, 6) is -1.37. The predicted molar refractivity (Wildman–Crippen MR) is 76.1 cm³/mol. The van der Waals surface area contributed by atoms with Crippen molar-refractivity contribution in [2.45, 2.75) is 25.1 Å². The number of nitrogens with zero attached hydrogens (tertiary/aromatic N) is 2. The van der Waals surface area contributed by atoms with Gasteiger partial charge in [-0.05, 0) is 30.9 Å². The molecule has 1 unspecified atom stereocenters. The van der Waals surface area contributed by atoms with Crippen LogP contribution in [0.5, 0.6) is 0 Å². The Morgan fingerprint density at radius 2 is 2.09 bits per heavy atom. The zero-order valence-electron chi connectivity index (χ0n) is 11.8. The van der Waals surface area contributed by atoms with Gasteiger partial charge in [0.15, 0.2) is 0 Å². The number of aromatic nitrogens is 2. The second-order valence-corrected chi connectivity index (χ2v) is 8.22. The van der Waals surface area contributed by atoms with Gasteiger partial charge < -0.3 is 4.52 Å². The number of alkyl halides is 3. The average Bonchev–Trinajstić information content (AvgIpc) is 2.94. The van der Waals surface area contributed by atoms with E-state index < -0.39 is 22.1 Å². The first-order valence-electron chi connectivity index (χ1n) is 6.62. The van der Waals surface area contributed by atoms with Gasteiger partial charge >= 0.3 is 12.1 Å². The molecule has 1 aliphatic rings. The summed E-state index contributed by atoms with van der Waals surface area (Å²) in [5, 5.41) is 3.33. The molecule has 0 aromatic carbocycles. The summed E-state index contributed by atoms with van der Waals surface area (Å²) in [4.78, 5) is 4.43. The molecule has 0 saturated heterocycles. The number of sulfonamides is 1. The first kappa shape index (κ1) is 16.4. The lowest BCUT2D eigenvalue weighted by Crippen LogP contribution is -2.28. The SMILES string of the molecule is CS(=O)(=O)NC(c1ccc(-c2noc(C(F)(F)F)n2)s1)C1CC1. The molecule has 6 nitrogen and oxygen atoms in total. The molecule has 11 heteroatoms. The Balaban J connectivity index is 1.86. The first-order valence-corrected chi connectivity index (χ1v) is 9.32. The molecular formula is C12H12F3N3O3S2. The maximum Gasteiger partial charge on any atom is 0.471 e. The standard InChI is InChI=1S/C12H12F3N3O3S2/c1-23(19,20)18-9(6-2-3-6)7-4-5-8(22-7)10-16-11(21-17-10)12(13,14)15/h4-6,9,18H,2-3H2,1H3. The minimum Gasteiger partial charge on any atom is -0.329 e. The van der Waals surface area contributed by atoms with Gasteiger partial charge in [0.25, 0.3) is 0 Å². The molecule has 23 heavy (non-hydrogen) atoms. The van der Waals surface area contributed by atoms with Gasteiger partial charge in [-0.15, -0.1) is 11.3 Å². The van der Waals surface area contributed by atoms with Crippen LogP contribution >= 0.6 is 11.3 Å². The van der Waals surface area contributed by atoms with Gasteiger partial charge in [-0.1, -0.05) is 5.16 Å². The van der Waals surface area contributed by atoms with Crippen molar-refractivity contribution in [3.8, 4) is 10.7 Å². The fraction of sp³-hybridized carbons (Fsp3) is 0.500. The monoisotopic (exact) mass is 367 g/mol. The maximum absolute atomic E-state index is 12.5. The van der Waals surface area contributed by atoms with E-state index in [1.807, 2.05) is 0 Å². The van der Waals surface area contributed by atoms with Crippen LogP contribution in [0.2, 0.25) is 0 Å². The molecule has 0 aliphatic heterocycles. The smallest absolute Gasteiger partial charge is 0.329 e. The lowest BCUT2D eigenvalue weighted by Gasteiger charge is -2.14. The third-order valence-corrected chi connectivity index (χ3v) is 5.10. The number of nitrogens with one attached hydrogen (secondary N) is 1. The normalized spacial score (nSPS) is 17.4. The molecule has 1 fully saturated rings. The Morgan fingerprint density at radius 3 is 2.61 bits per heavy atom. The highest BCUT2D eigenvalue weighted by atomic mass is 32.2. The van der Waals surface area contributed by atoms with Gasteiger partial charge in [-0.25, -0.2) is 13.1 Å². The second kappa shape index (κ2) is 5.56. The fourth-order valence-corrected chi connectivity index (χ4v) is 4.06. The van der Waals surface area contributed by atoms with Crippen molar-refractivity contribution in [3.63, 3.8) is 0 Å². The highest BCUT2D eigenvalue weighted by Crippen LogP contribution is 2.44. The molecule has 1 atom stereocenters. The Hall–Kier alpha value is -1.46. The summed E-state index contributed by atoms with van der Waals surface area (Å²) in [6.45, 7) is 0. The molecule has 1 N–H and O–H groups in total. The Kier molecular flexibility index (Phi) is 3.97. The van der Waals surface area contributed by atoms with Crippen LogP contribution in [0, 0.1) is 5.92 Å². The van der Waals surface area contributed by atoms with E-state index in [2.05, 4.69) is 19.4 Å². The molecule has 1 aliphatic carbocycles. The largest absolute Gasteiger partial charge is 0.471 e. The third-order valence-electron chi connectivity index (χ3n) is 3.26. The van der Waals surface area contributed by atoms with E-state index in [4.69, 9.17) is 0 Å². The van der Waals surface area contributed by atoms with Crippen LogP contribution in [0.3, 0.4) is 0 Å². The number of hydrogen-bond donors (Lipinski definition) is 1. The first-order chi connectivity index (χ1) is 10.6. The lowest BCUT2D eigenvalue weighted by molar-refractivity contribution is -0.159. The molecule has 126 valence electrons. The van der Waals surface area contributed by atoms with Gasteiger partial charge in [0, 0.05) is 4.88 Å². The Labute approximate surface area is 133 Å². The molecular weight excluding hydrogens is 355 g/mol.